The van der Waals surface area contributed by atoms with Crippen molar-refractivity contribution >= 4 is 23.7 Å². The van der Waals surface area contributed by atoms with Crippen LogP contribution in [0.5, 0.6) is 0 Å². The molecule has 0 radical (unpaired) electrons. The van der Waals surface area contributed by atoms with Crippen LogP contribution in [0.4, 0.5) is 9.59 Å². The summed E-state index contributed by atoms with van der Waals surface area (Å²) in [4.78, 5) is 29.3. The zero-order valence-electron chi connectivity index (χ0n) is 25.3. The lowest BCUT2D eigenvalue weighted by molar-refractivity contribution is -0.0564. The average molecular weight is 599 g/mol. The number of nitrogens with one attached hydrogen (secondary N) is 2. The maximum Gasteiger partial charge on any atom is 0.406 e. The summed E-state index contributed by atoms with van der Waals surface area (Å²) in [5, 5.41) is 19.3. The summed E-state index contributed by atoms with van der Waals surface area (Å²) >= 11 is 6.88. The van der Waals surface area contributed by atoms with E-state index >= 15 is 0 Å². The molecule has 0 bridgehead atoms. The van der Waals surface area contributed by atoms with E-state index in [0.717, 1.165) is 68.4 Å². The second kappa shape index (κ2) is 15.1. The molecule has 8 nitrogen and oxygen atoms in total. The molecule has 2 saturated heterocycles. The van der Waals surface area contributed by atoms with Crippen LogP contribution in [0.2, 0.25) is 5.02 Å². The summed E-state index contributed by atoms with van der Waals surface area (Å²) in [6, 6.07) is 14.1. The molecule has 2 fully saturated rings. The number of aliphatic hydroxyl groups is 1. The second-order valence-corrected chi connectivity index (χ2v) is 12.1. The molecule has 0 aromatic heterocycles. The van der Waals surface area contributed by atoms with Crippen LogP contribution in [0, 0.1) is 11.8 Å². The molecule has 2 aliphatic rings. The molecule has 3 amide bonds. The smallest absolute Gasteiger partial charge is 0.406 e. The predicted octanol–water partition coefficient (Wildman–Crippen LogP) is 5.66. The number of benzene rings is 2. The monoisotopic (exact) mass is 598 g/mol. The lowest BCUT2D eigenvalue weighted by atomic mass is 9.72. The van der Waals surface area contributed by atoms with Gasteiger partial charge in [-0.05, 0) is 87.2 Å². The fraction of sp³-hybridized carbons (Fsp3) is 0.576. The van der Waals surface area contributed by atoms with Crippen LogP contribution in [0.1, 0.15) is 56.6 Å². The zero-order valence-corrected chi connectivity index (χ0v) is 26.1. The Kier molecular flexibility index (Phi) is 11.5. The third-order valence-corrected chi connectivity index (χ3v) is 9.35. The van der Waals surface area contributed by atoms with E-state index in [9.17, 15) is 14.7 Å². The molecule has 230 valence electrons. The Morgan fingerprint density at radius 1 is 1.10 bits per heavy atom. The van der Waals surface area contributed by atoms with Gasteiger partial charge in [-0.1, -0.05) is 54.9 Å². The van der Waals surface area contributed by atoms with Gasteiger partial charge in [0.25, 0.3) is 0 Å². The highest BCUT2D eigenvalue weighted by atomic mass is 35.5. The van der Waals surface area contributed by atoms with E-state index in [2.05, 4.69) is 29.7 Å². The lowest BCUT2D eigenvalue weighted by Gasteiger charge is -2.45. The number of halogens is 1. The number of rotatable bonds is 10. The number of nitrogens with zero attached hydrogens (tertiary/aromatic N) is 2. The Morgan fingerprint density at radius 3 is 2.57 bits per heavy atom. The van der Waals surface area contributed by atoms with Gasteiger partial charge in [-0.15, -0.1) is 0 Å². The SMILES string of the molecule is CCc1cccc(-c2c(Cl)cccc2C(O)(CCCNC(=O)OC)[C@@H]2CCCN(C(=O)N3CCC(CNC)CC3)C2)c1. The number of hydrogen-bond donors (Lipinski definition) is 3. The van der Waals surface area contributed by atoms with Gasteiger partial charge < -0.3 is 30.3 Å². The summed E-state index contributed by atoms with van der Waals surface area (Å²) in [6.45, 7) is 6.16. The van der Waals surface area contributed by atoms with E-state index in [1.54, 1.807) is 0 Å². The van der Waals surface area contributed by atoms with Crippen molar-refractivity contribution in [1.29, 1.82) is 0 Å². The van der Waals surface area contributed by atoms with Crippen LogP contribution >= 0.6 is 11.6 Å². The lowest BCUT2D eigenvalue weighted by Crippen LogP contribution is -2.53. The van der Waals surface area contributed by atoms with E-state index in [1.165, 1.54) is 12.7 Å². The van der Waals surface area contributed by atoms with Gasteiger partial charge in [0, 0.05) is 49.2 Å². The Bertz CT molecular complexity index is 1200. The Hall–Kier alpha value is -2.81. The quantitative estimate of drug-likeness (QED) is 0.307. The highest BCUT2D eigenvalue weighted by Crippen LogP contribution is 2.45. The predicted molar refractivity (Wildman–Crippen MR) is 168 cm³/mol. The highest BCUT2D eigenvalue weighted by Gasteiger charge is 2.43. The molecule has 2 aromatic rings. The van der Waals surface area contributed by atoms with E-state index in [4.69, 9.17) is 16.3 Å². The topological polar surface area (TPSA) is 94.1 Å². The summed E-state index contributed by atoms with van der Waals surface area (Å²) < 4.78 is 4.73. The van der Waals surface area contributed by atoms with E-state index in [1.807, 2.05) is 47.2 Å². The van der Waals surface area contributed by atoms with Crippen molar-refractivity contribution in [2.45, 2.75) is 57.5 Å². The van der Waals surface area contributed by atoms with E-state index in [-0.39, 0.29) is 11.9 Å². The number of alkyl carbamates (subject to hydrolysis) is 1. The first kappa shape index (κ1) is 32.1. The zero-order chi connectivity index (χ0) is 30.1. The molecule has 3 N–H and O–H groups in total. The number of urea groups is 1. The normalized spacial score (nSPS) is 19.3. The molecule has 9 heteroatoms. The largest absolute Gasteiger partial charge is 0.453 e. The van der Waals surface area contributed by atoms with E-state index in [0.29, 0.717) is 43.4 Å². The minimum Gasteiger partial charge on any atom is -0.453 e. The number of aryl methyl sites for hydroxylation is 1. The Balaban J connectivity index is 1.63. The van der Waals surface area contributed by atoms with Gasteiger partial charge in [-0.3, -0.25) is 0 Å². The molecule has 42 heavy (non-hydrogen) atoms. The third kappa shape index (κ3) is 7.57. The fourth-order valence-corrected chi connectivity index (χ4v) is 6.95. The first-order chi connectivity index (χ1) is 20.3. The Labute approximate surface area is 255 Å². The van der Waals surface area contributed by atoms with Crippen LogP contribution in [-0.4, -0.2) is 80.5 Å². The molecule has 2 aromatic carbocycles. The average Bonchev–Trinajstić information content (AvgIpc) is 3.03. The molecule has 2 atom stereocenters. The maximum absolute atomic E-state index is 13.7. The number of piperidine rings is 2. The van der Waals surface area contributed by atoms with Gasteiger partial charge in [-0.2, -0.15) is 0 Å². The molecule has 0 saturated carbocycles. The minimum atomic E-state index is -1.26. The van der Waals surface area contributed by atoms with Gasteiger partial charge in [0.2, 0.25) is 0 Å². The third-order valence-electron chi connectivity index (χ3n) is 9.04. The van der Waals surface area contributed by atoms with Gasteiger partial charge in [0.05, 0.1) is 12.7 Å². The van der Waals surface area contributed by atoms with Crippen LogP contribution in [0.25, 0.3) is 11.1 Å². The van der Waals surface area contributed by atoms with Crippen molar-refractivity contribution in [3.63, 3.8) is 0 Å². The standard InChI is InChI=1S/C33H47ClN4O4/c1-4-24-9-5-10-26(21-24)30-28(12-6-13-29(30)34)33(41,16-8-17-36-31(39)42-3)27-11-7-18-38(23-27)32(40)37-19-14-25(15-20-37)22-35-2/h5-6,9-10,12-13,21,25,27,35,41H,4,7-8,11,14-20,22-23H2,1-3H3,(H,36,39)/t27-,33?/m1/s1. The van der Waals surface area contributed by atoms with Crippen LogP contribution in [0.3, 0.4) is 0 Å². The number of methoxy groups -OCH3 is 1. The van der Waals surface area contributed by atoms with Crippen molar-refractivity contribution in [3.8, 4) is 11.1 Å². The van der Waals surface area contributed by atoms with Gasteiger partial charge in [0.1, 0.15) is 0 Å². The maximum atomic E-state index is 13.7. The molecule has 4 rings (SSSR count). The second-order valence-electron chi connectivity index (χ2n) is 11.7. The van der Waals surface area contributed by atoms with Crippen molar-refractivity contribution in [3.05, 3.63) is 58.6 Å². The van der Waals surface area contributed by atoms with Gasteiger partial charge in [0.15, 0.2) is 0 Å². The molecular weight excluding hydrogens is 552 g/mol. The van der Waals surface area contributed by atoms with Gasteiger partial charge in [-0.25, -0.2) is 9.59 Å². The first-order valence-corrected chi connectivity index (χ1v) is 15.8. The Morgan fingerprint density at radius 2 is 1.86 bits per heavy atom. The minimum absolute atomic E-state index is 0.0688. The van der Waals surface area contributed by atoms with Crippen LogP contribution in [0.15, 0.2) is 42.5 Å². The molecule has 0 spiro atoms. The summed E-state index contributed by atoms with van der Waals surface area (Å²) in [5.74, 6) is 0.408. The van der Waals surface area contributed by atoms with E-state index < -0.39 is 11.7 Å². The number of likely N-dealkylation sites (tertiary alicyclic amines) is 2. The molecule has 1 unspecified atom stereocenters. The molecular formula is C33H47ClN4O4. The van der Waals surface area contributed by atoms with Gasteiger partial charge >= 0.3 is 12.1 Å². The number of amides is 3. The molecule has 2 aliphatic heterocycles. The molecule has 0 aliphatic carbocycles. The van der Waals surface area contributed by atoms with Crippen LogP contribution in [-0.2, 0) is 16.8 Å². The number of carbonyl (C=O) groups is 2. The highest BCUT2D eigenvalue weighted by molar-refractivity contribution is 6.33. The van der Waals surface area contributed by atoms with Crippen LogP contribution < -0.4 is 10.6 Å². The fourth-order valence-electron chi connectivity index (χ4n) is 6.66. The summed E-state index contributed by atoms with van der Waals surface area (Å²) in [5.41, 5.74) is 2.49. The first-order valence-electron chi connectivity index (χ1n) is 15.4. The summed E-state index contributed by atoms with van der Waals surface area (Å²) in [7, 11) is 3.31. The number of ether oxygens (including phenoxy) is 1. The van der Waals surface area contributed by atoms with Crippen molar-refractivity contribution in [2.24, 2.45) is 11.8 Å². The van der Waals surface area contributed by atoms with Crippen molar-refractivity contribution in [1.82, 2.24) is 20.4 Å². The van der Waals surface area contributed by atoms with Crippen molar-refractivity contribution in [2.75, 3.05) is 53.4 Å². The molecule has 2 heterocycles. The number of carbonyl (C=O) groups excluding carboxylic acids is 2. The van der Waals surface area contributed by atoms with Crippen molar-refractivity contribution < 1.29 is 19.4 Å². The number of hydrogen-bond acceptors (Lipinski definition) is 5. The summed E-state index contributed by atoms with van der Waals surface area (Å²) in [6.07, 6.45) is 4.95.